The van der Waals surface area contributed by atoms with Crippen LogP contribution in [0.15, 0.2) is 53.2 Å². The SMILES string of the molecule is Cc1ccc(C=C2N=C(c3ccccc3Cl)OC2=O)c(C)c1. The number of carbonyl (C=O) groups is 1. The number of esters is 1. The van der Waals surface area contributed by atoms with Crippen LogP contribution in [0, 0.1) is 13.8 Å². The predicted molar refractivity (Wildman–Crippen MR) is 88.0 cm³/mol. The first-order valence-electron chi connectivity index (χ1n) is 6.89. The fourth-order valence-corrected chi connectivity index (χ4v) is 2.51. The number of hydrogen-bond acceptors (Lipinski definition) is 3. The van der Waals surface area contributed by atoms with E-state index >= 15 is 0 Å². The third-order valence-electron chi connectivity index (χ3n) is 3.44. The molecule has 1 heterocycles. The molecule has 110 valence electrons. The van der Waals surface area contributed by atoms with Crippen molar-refractivity contribution in [3.8, 4) is 0 Å². The fourth-order valence-electron chi connectivity index (χ4n) is 2.29. The maximum Gasteiger partial charge on any atom is 0.363 e. The summed E-state index contributed by atoms with van der Waals surface area (Å²) in [6.07, 6.45) is 1.74. The zero-order valence-electron chi connectivity index (χ0n) is 12.3. The Bertz CT molecular complexity index is 822. The van der Waals surface area contributed by atoms with E-state index in [0.29, 0.717) is 10.6 Å². The molecule has 0 radical (unpaired) electrons. The lowest BCUT2D eigenvalue weighted by Crippen LogP contribution is -2.05. The minimum Gasteiger partial charge on any atom is -0.402 e. The number of halogens is 1. The predicted octanol–water partition coefficient (Wildman–Crippen LogP) is 4.30. The number of carbonyl (C=O) groups excluding carboxylic acids is 1. The van der Waals surface area contributed by atoms with E-state index in [9.17, 15) is 4.79 Å². The minimum atomic E-state index is -0.463. The highest BCUT2D eigenvalue weighted by Gasteiger charge is 2.25. The van der Waals surface area contributed by atoms with Crippen LogP contribution in [0.3, 0.4) is 0 Å². The van der Waals surface area contributed by atoms with Crippen molar-refractivity contribution in [2.75, 3.05) is 0 Å². The van der Waals surface area contributed by atoms with Crippen LogP contribution >= 0.6 is 11.6 Å². The van der Waals surface area contributed by atoms with Gasteiger partial charge >= 0.3 is 5.97 Å². The second-order valence-electron chi connectivity index (χ2n) is 5.18. The Balaban J connectivity index is 2.00. The van der Waals surface area contributed by atoms with Gasteiger partial charge in [0.1, 0.15) is 0 Å². The molecule has 3 nitrogen and oxygen atoms in total. The van der Waals surface area contributed by atoms with Gasteiger partial charge in [-0.05, 0) is 43.2 Å². The summed E-state index contributed by atoms with van der Waals surface area (Å²) in [4.78, 5) is 16.3. The van der Waals surface area contributed by atoms with Gasteiger partial charge in [-0.2, -0.15) is 0 Å². The molecule has 0 unspecified atom stereocenters. The van der Waals surface area contributed by atoms with Crippen LogP contribution in [0.4, 0.5) is 0 Å². The summed E-state index contributed by atoms with van der Waals surface area (Å²) in [7, 11) is 0. The van der Waals surface area contributed by atoms with Gasteiger partial charge in [0.05, 0.1) is 10.6 Å². The van der Waals surface area contributed by atoms with Gasteiger partial charge in [-0.3, -0.25) is 0 Å². The number of nitrogens with zero attached hydrogens (tertiary/aromatic N) is 1. The number of rotatable bonds is 2. The molecule has 2 aromatic carbocycles. The van der Waals surface area contributed by atoms with Crippen LogP contribution in [-0.2, 0) is 9.53 Å². The van der Waals surface area contributed by atoms with E-state index in [1.165, 1.54) is 5.56 Å². The van der Waals surface area contributed by atoms with E-state index < -0.39 is 5.97 Å². The van der Waals surface area contributed by atoms with Gasteiger partial charge in [0.15, 0.2) is 5.70 Å². The molecule has 1 aliphatic heterocycles. The molecular weight excluding hydrogens is 298 g/mol. The number of aliphatic imine (C=N–C) groups is 1. The molecule has 0 spiro atoms. The molecule has 0 saturated heterocycles. The number of ether oxygens (including phenoxy) is 1. The van der Waals surface area contributed by atoms with Crippen LogP contribution in [0.5, 0.6) is 0 Å². The van der Waals surface area contributed by atoms with Crippen molar-refractivity contribution >= 4 is 29.5 Å². The largest absolute Gasteiger partial charge is 0.402 e. The minimum absolute atomic E-state index is 0.242. The molecule has 1 aliphatic rings. The molecule has 3 rings (SSSR count). The molecule has 0 aromatic heterocycles. The molecule has 0 saturated carbocycles. The Kier molecular flexibility index (Phi) is 3.82. The average molecular weight is 312 g/mol. The Hall–Kier alpha value is -2.39. The van der Waals surface area contributed by atoms with E-state index in [-0.39, 0.29) is 11.6 Å². The Morgan fingerprint density at radius 3 is 2.64 bits per heavy atom. The van der Waals surface area contributed by atoms with Crippen molar-refractivity contribution < 1.29 is 9.53 Å². The lowest BCUT2D eigenvalue weighted by Gasteiger charge is -2.01. The van der Waals surface area contributed by atoms with Crippen LogP contribution < -0.4 is 0 Å². The van der Waals surface area contributed by atoms with Crippen molar-refractivity contribution in [1.29, 1.82) is 0 Å². The van der Waals surface area contributed by atoms with Gasteiger partial charge < -0.3 is 4.74 Å². The molecule has 0 fully saturated rings. The standard InChI is InChI=1S/C18H14ClNO2/c1-11-7-8-13(12(2)9-11)10-16-18(21)22-17(20-16)14-5-3-4-6-15(14)19/h3-10H,1-2H3. The highest BCUT2D eigenvalue weighted by atomic mass is 35.5. The van der Waals surface area contributed by atoms with E-state index in [2.05, 4.69) is 11.1 Å². The molecule has 0 bridgehead atoms. The van der Waals surface area contributed by atoms with Crippen LogP contribution in [-0.4, -0.2) is 11.9 Å². The first kappa shape index (κ1) is 14.5. The van der Waals surface area contributed by atoms with E-state index in [1.54, 1.807) is 18.2 Å². The third-order valence-corrected chi connectivity index (χ3v) is 3.77. The van der Waals surface area contributed by atoms with Crippen LogP contribution in [0.1, 0.15) is 22.3 Å². The molecule has 4 heteroatoms. The quantitative estimate of drug-likeness (QED) is 0.612. The average Bonchev–Trinajstić information content (AvgIpc) is 2.83. The maximum absolute atomic E-state index is 12.0. The first-order valence-corrected chi connectivity index (χ1v) is 7.27. The molecule has 0 atom stereocenters. The molecule has 2 aromatic rings. The Morgan fingerprint density at radius 1 is 1.14 bits per heavy atom. The van der Waals surface area contributed by atoms with Gasteiger partial charge in [-0.15, -0.1) is 0 Å². The summed E-state index contributed by atoms with van der Waals surface area (Å²) in [5.74, 6) is -0.221. The van der Waals surface area contributed by atoms with Crippen molar-refractivity contribution in [1.82, 2.24) is 0 Å². The molecule has 0 N–H and O–H groups in total. The second kappa shape index (κ2) is 5.78. The number of benzene rings is 2. The number of cyclic esters (lactones) is 1. The maximum atomic E-state index is 12.0. The van der Waals surface area contributed by atoms with Gasteiger partial charge in [-0.1, -0.05) is 47.5 Å². The zero-order valence-corrected chi connectivity index (χ0v) is 13.0. The summed E-state index contributed by atoms with van der Waals surface area (Å²) in [6.45, 7) is 4.03. The van der Waals surface area contributed by atoms with Gasteiger partial charge in [0.25, 0.3) is 0 Å². The summed E-state index contributed by atoms with van der Waals surface area (Å²) >= 11 is 6.11. The zero-order chi connectivity index (χ0) is 15.7. The van der Waals surface area contributed by atoms with E-state index in [0.717, 1.165) is 11.1 Å². The highest BCUT2D eigenvalue weighted by Crippen LogP contribution is 2.24. The van der Waals surface area contributed by atoms with Crippen LogP contribution in [0.2, 0.25) is 5.02 Å². The normalized spacial score (nSPS) is 15.9. The second-order valence-corrected chi connectivity index (χ2v) is 5.58. The van der Waals surface area contributed by atoms with E-state index in [1.807, 2.05) is 38.1 Å². The van der Waals surface area contributed by atoms with Crippen LogP contribution in [0.25, 0.3) is 6.08 Å². The highest BCUT2D eigenvalue weighted by molar-refractivity contribution is 6.34. The first-order chi connectivity index (χ1) is 10.5. The number of aryl methyl sites for hydroxylation is 2. The smallest absolute Gasteiger partial charge is 0.363 e. The van der Waals surface area contributed by atoms with E-state index in [4.69, 9.17) is 16.3 Å². The molecular formula is C18H14ClNO2. The molecule has 22 heavy (non-hydrogen) atoms. The Morgan fingerprint density at radius 2 is 1.91 bits per heavy atom. The lowest BCUT2D eigenvalue weighted by molar-refractivity contribution is -0.129. The summed E-state index contributed by atoms with van der Waals surface area (Å²) in [6, 6.07) is 13.2. The topological polar surface area (TPSA) is 38.7 Å². The Labute approximate surface area is 133 Å². The monoisotopic (exact) mass is 311 g/mol. The van der Waals surface area contributed by atoms with Crippen molar-refractivity contribution in [3.05, 3.63) is 75.4 Å². The molecule has 0 aliphatic carbocycles. The van der Waals surface area contributed by atoms with Gasteiger partial charge in [0.2, 0.25) is 5.90 Å². The summed E-state index contributed by atoms with van der Waals surface area (Å²) < 4.78 is 5.23. The third kappa shape index (κ3) is 2.81. The van der Waals surface area contributed by atoms with Crippen molar-refractivity contribution in [2.45, 2.75) is 13.8 Å². The summed E-state index contributed by atoms with van der Waals surface area (Å²) in [5.41, 5.74) is 4.10. The molecule has 0 amide bonds. The summed E-state index contributed by atoms with van der Waals surface area (Å²) in [5, 5.41) is 0.502. The van der Waals surface area contributed by atoms with Gasteiger partial charge in [-0.25, -0.2) is 9.79 Å². The van der Waals surface area contributed by atoms with Crippen molar-refractivity contribution in [2.24, 2.45) is 4.99 Å². The lowest BCUT2D eigenvalue weighted by atomic mass is 10.0. The van der Waals surface area contributed by atoms with Gasteiger partial charge in [0, 0.05) is 0 Å². The fraction of sp³-hybridized carbons (Fsp3) is 0.111. The number of hydrogen-bond donors (Lipinski definition) is 0. The van der Waals surface area contributed by atoms with Crippen molar-refractivity contribution in [3.63, 3.8) is 0 Å².